The van der Waals surface area contributed by atoms with Crippen molar-refractivity contribution in [3.8, 4) is 11.5 Å². The molecular weight excluding hydrogens is 328 g/mol. The second kappa shape index (κ2) is 7.74. The van der Waals surface area contributed by atoms with Crippen LogP contribution >= 0.6 is 0 Å². The van der Waals surface area contributed by atoms with Crippen molar-refractivity contribution in [1.82, 2.24) is 9.97 Å². The Hall–Kier alpha value is -3.28. The molecule has 6 nitrogen and oxygen atoms in total. The summed E-state index contributed by atoms with van der Waals surface area (Å²) in [4.78, 5) is 9.01. The fourth-order valence-corrected chi connectivity index (χ4v) is 2.58. The van der Waals surface area contributed by atoms with Crippen LogP contribution in [0.1, 0.15) is 11.3 Å². The van der Waals surface area contributed by atoms with Crippen molar-refractivity contribution in [2.75, 3.05) is 24.9 Å². The smallest absolute Gasteiger partial charge is 0.229 e. The highest BCUT2D eigenvalue weighted by atomic mass is 16.5. The molecule has 1 aromatic heterocycles. The van der Waals surface area contributed by atoms with E-state index in [-0.39, 0.29) is 0 Å². The topological polar surface area (TPSA) is 68.3 Å². The van der Waals surface area contributed by atoms with Gasteiger partial charge in [0, 0.05) is 23.5 Å². The zero-order valence-electron chi connectivity index (χ0n) is 15.3. The van der Waals surface area contributed by atoms with Crippen LogP contribution in [-0.4, -0.2) is 24.2 Å². The summed E-state index contributed by atoms with van der Waals surface area (Å²) in [6, 6.07) is 15.5. The molecule has 0 amide bonds. The van der Waals surface area contributed by atoms with Crippen molar-refractivity contribution in [2.24, 2.45) is 0 Å². The highest BCUT2D eigenvalue weighted by molar-refractivity contribution is 5.66. The standard InChI is InChI=1S/C20H22N4O2/c1-13-8-9-18(26-4)17(10-13)23-19-11-14(2)21-20(24-19)22-15-6-5-7-16(12-15)25-3/h5-12H,1-4H3,(H2,21,22,23,24). The van der Waals surface area contributed by atoms with Crippen molar-refractivity contribution in [3.05, 3.63) is 59.8 Å². The van der Waals surface area contributed by atoms with Crippen LogP contribution in [0, 0.1) is 13.8 Å². The van der Waals surface area contributed by atoms with Gasteiger partial charge in [-0.2, -0.15) is 4.98 Å². The maximum Gasteiger partial charge on any atom is 0.229 e. The molecule has 0 fully saturated rings. The van der Waals surface area contributed by atoms with Crippen LogP contribution in [-0.2, 0) is 0 Å². The van der Waals surface area contributed by atoms with E-state index in [1.807, 2.05) is 62.4 Å². The Morgan fingerprint density at radius 3 is 2.46 bits per heavy atom. The van der Waals surface area contributed by atoms with Gasteiger partial charge < -0.3 is 20.1 Å². The predicted octanol–water partition coefficient (Wildman–Crippen LogP) is 4.60. The first-order chi connectivity index (χ1) is 12.6. The number of hydrogen-bond acceptors (Lipinski definition) is 6. The van der Waals surface area contributed by atoms with Crippen molar-refractivity contribution in [2.45, 2.75) is 13.8 Å². The van der Waals surface area contributed by atoms with E-state index in [2.05, 4.69) is 20.6 Å². The lowest BCUT2D eigenvalue weighted by molar-refractivity contribution is 0.415. The number of benzene rings is 2. The average molecular weight is 350 g/mol. The molecule has 0 aliphatic heterocycles. The van der Waals surface area contributed by atoms with Gasteiger partial charge in [0.2, 0.25) is 5.95 Å². The molecule has 2 aromatic carbocycles. The van der Waals surface area contributed by atoms with E-state index >= 15 is 0 Å². The highest BCUT2D eigenvalue weighted by Gasteiger charge is 2.08. The summed E-state index contributed by atoms with van der Waals surface area (Å²) in [5.41, 5.74) is 3.69. The van der Waals surface area contributed by atoms with Gasteiger partial charge in [0.1, 0.15) is 17.3 Å². The Morgan fingerprint density at radius 1 is 0.846 bits per heavy atom. The van der Waals surface area contributed by atoms with Gasteiger partial charge in [-0.05, 0) is 43.7 Å². The van der Waals surface area contributed by atoms with Crippen LogP contribution in [0.3, 0.4) is 0 Å². The molecule has 0 aliphatic rings. The molecule has 6 heteroatoms. The predicted molar refractivity (Wildman–Crippen MR) is 104 cm³/mol. The van der Waals surface area contributed by atoms with Gasteiger partial charge in [0.05, 0.1) is 19.9 Å². The largest absolute Gasteiger partial charge is 0.497 e. The third-order valence-electron chi connectivity index (χ3n) is 3.80. The summed E-state index contributed by atoms with van der Waals surface area (Å²) in [6.07, 6.45) is 0. The molecule has 0 bridgehead atoms. The molecule has 0 unspecified atom stereocenters. The van der Waals surface area contributed by atoms with Gasteiger partial charge in [-0.3, -0.25) is 0 Å². The van der Waals surface area contributed by atoms with Crippen LogP contribution in [0.15, 0.2) is 48.5 Å². The van der Waals surface area contributed by atoms with Gasteiger partial charge in [0.15, 0.2) is 0 Å². The fourth-order valence-electron chi connectivity index (χ4n) is 2.58. The molecule has 0 saturated carbocycles. The van der Waals surface area contributed by atoms with Crippen LogP contribution in [0.4, 0.5) is 23.1 Å². The molecular formula is C20H22N4O2. The number of hydrogen-bond donors (Lipinski definition) is 2. The molecule has 0 saturated heterocycles. The van der Waals surface area contributed by atoms with Gasteiger partial charge in [-0.1, -0.05) is 12.1 Å². The number of aromatic nitrogens is 2. The number of rotatable bonds is 6. The molecule has 0 radical (unpaired) electrons. The van der Waals surface area contributed by atoms with Crippen LogP contribution < -0.4 is 20.1 Å². The minimum absolute atomic E-state index is 0.507. The van der Waals surface area contributed by atoms with Crippen molar-refractivity contribution < 1.29 is 9.47 Å². The van der Waals surface area contributed by atoms with Crippen LogP contribution in [0.5, 0.6) is 11.5 Å². The summed E-state index contributed by atoms with van der Waals surface area (Å²) < 4.78 is 10.7. The molecule has 134 valence electrons. The molecule has 2 N–H and O–H groups in total. The number of ether oxygens (including phenoxy) is 2. The van der Waals surface area contributed by atoms with Gasteiger partial charge in [0.25, 0.3) is 0 Å². The second-order valence-electron chi connectivity index (χ2n) is 5.90. The highest BCUT2D eigenvalue weighted by Crippen LogP contribution is 2.29. The SMILES string of the molecule is COc1cccc(Nc2nc(C)cc(Nc3cc(C)ccc3OC)n2)c1. The Bertz CT molecular complexity index is 912. The quantitative estimate of drug-likeness (QED) is 0.677. The van der Waals surface area contributed by atoms with Crippen LogP contribution in [0.2, 0.25) is 0 Å². The number of aryl methyl sites for hydroxylation is 2. The summed E-state index contributed by atoms with van der Waals surface area (Å²) in [6.45, 7) is 3.96. The van der Waals surface area contributed by atoms with Crippen LogP contribution in [0.25, 0.3) is 0 Å². The Balaban J connectivity index is 1.87. The molecule has 3 rings (SSSR count). The Morgan fingerprint density at radius 2 is 1.69 bits per heavy atom. The summed E-state index contributed by atoms with van der Waals surface area (Å²) in [5, 5.41) is 6.53. The lowest BCUT2D eigenvalue weighted by Crippen LogP contribution is -2.03. The first-order valence-corrected chi connectivity index (χ1v) is 8.26. The zero-order chi connectivity index (χ0) is 18.5. The fraction of sp³-hybridized carbons (Fsp3) is 0.200. The first-order valence-electron chi connectivity index (χ1n) is 8.26. The molecule has 26 heavy (non-hydrogen) atoms. The van der Waals surface area contributed by atoms with Gasteiger partial charge >= 0.3 is 0 Å². The first kappa shape index (κ1) is 17.5. The van der Waals surface area contributed by atoms with E-state index < -0.39 is 0 Å². The molecule has 3 aromatic rings. The Labute approximate surface area is 153 Å². The summed E-state index contributed by atoms with van der Waals surface area (Å²) in [5.74, 6) is 2.72. The lowest BCUT2D eigenvalue weighted by atomic mass is 10.2. The van der Waals surface area contributed by atoms with E-state index in [0.29, 0.717) is 11.8 Å². The normalized spacial score (nSPS) is 10.3. The van der Waals surface area contributed by atoms with E-state index in [1.54, 1.807) is 14.2 Å². The van der Waals surface area contributed by atoms with E-state index in [4.69, 9.17) is 9.47 Å². The van der Waals surface area contributed by atoms with E-state index in [9.17, 15) is 0 Å². The number of methoxy groups -OCH3 is 2. The molecule has 0 aliphatic carbocycles. The van der Waals surface area contributed by atoms with Crippen molar-refractivity contribution in [3.63, 3.8) is 0 Å². The second-order valence-corrected chi connectivity index (χ2v) is 5.90. The average Bonchev–Trinajstić information content (AvgIpc) is 2.61. The summed E-state index contributed by atoms with van der Waals surface area (Å²) >= 11 is 0. The maximum atomic E-state index is 5.42. The molecule has 0 atom stereocenters. The number of nitrogens with one attached hydrogen (secondary N) is 2. The minimum atomic E-state index is 0.507. The van der Waals surface area contributed by atoms with Gasteiger partial charge in [-0.15, -0.1) is 0 Å². The molecule has 1 heterocycles. The van der Waals surface area contributed by atoms with Crippen molar-refractivity contribution in [1.29, 1.82) is 0 Å². The minimum Gasteiger partial charge on any atom is -0.497 e. The lowest BCUT2D eigenvalue weighted by Gasteiger charge is -2.13. The maximum absolute atomic E-state index is 5.42. The summed E-state index contributed by atoms with van der Waals surface area (Å²) in [7, 11) is 3.29. The van der Waals surface area contributed by atoms with E-state index in [1.165, 1.54) is 0 Å². The number of anilines is 4. The van der Waals surface area contributed by atoms with Gasteiger partial charge in [-0.25, -0.2) is 4.98 Å². The molecule has 0 spiro atoms. The third-order valence-corrected chi connectivity index (χ3v) is 3.80. The van der Waals surface area contributed by atoms with Crippen molar-refractivity contribution >= 4 is 23.1 Å². The zero-order valence-corrected chi connectivity index (χ0v) is 15.3. The van der Waals surface area contributed by atoms with E-state index in [0.717, 1.165) is 34.1 Å². The monoisotopic (exact) mass is 350 g/mol. The number of nitrogens with zero attached hydrogens (tertiary/aromatic N) is 2. The Kier molecular flexibility index (Phi) is 5.22. The third kappa shape index (κ3) is 4.22.